The van der Waals surface area contributed by atoms with Gasteiger partial charge in [-0.3, -0.25) is 10.3 Å². The summed E-state index contributed by atoms with van der Waals surface area (Å²) in [5.74, 6) is 2.02. The van der Waals surface area contributed by atoms with Crippen LogP contribution in [0.2, 0.25) is 0 Å². The predicted molar refractivity (Wildman–Crippen MR) is 91.0 cm³/mol. The van der Waals surface area contributed by atoms with E-state index in [1.165, 1.54) is 12.8 Å². The van der Waals surface area contributed by atoms with Crippen molar-refractivity contribution in [3.63, 3.8) is 0 Å². The molecule has 24 heavy (non-hydrogen) atoms. The Hall–Kier alpha value is -2.57. The molecular formula is C17H23N5O2. The molecule has 2 atom stereocenters. The van der Waals surface area contributed by atoms with E-state index in [1.807, 2.05) is 23.7 Å². The third-order valence-corrected chi connectivity index (χ3v) is 4.45. The normalized spacial score (nSPS) is 16.3. The van der Waals surface area contributed by atoms with Crippen molar-refractivity contribution >= 4 is 11.8 Å². The fraction of sp³-hybridized carbons (Fsp3) is 0.471. The van der Waals surface area contributed by atoms with Crippen LogP contribution in [0.3, 0.4) is 0 Å². The topological polar surface area (TPSA) is 81.1 Å². The zero-order chi connectivity index (χ0) is 17.1. The van der Waals surface area contributed by atoms with Gasteiger partial charge in [-0.15, -0.1) is 0 Å². The van der Waals surface area contributed by atoms with Crippen molar-refractivity contribution in [2.24, 2.45) is 5.92 Å². The van der Waals surface area contributed by atoms with E-state index in [0.717, 1.165) is 5.56 Å². The Morgan fingerprint density at radius 1 is 1.33 bits per heavy atom. The molecule has 128 valence electrons. The minimum absolute atomic E-state index is 0.208. The van der Waals surface area contributed by atoms with E-state index in [-0.39, 0.29) is 12.1 Å². The van der Waals surface area contributed by atoms with E-state index >= 15 is 0 Å². The van der Waals surface area contributed by atoms with Gasteiger partial charge in [0.2, 0.25) is 0 Å². The molecule has 7 nitrogen and oxygen atoms in total. The Kier molecular flexibility index (Phi) is 4.69. The fourth-order valence-corrected chi connectivity index (χ4v) is 2.86. The van der Waals surface area contributed by atoms with Gasteiger partial charge >= 0.3 is 6.03 Å². The molecule has 1 aliphatic rings. The summed E-state index contributed by atoms with van der Waals surface area (Å²) in [6.45, 7) is 4.04. The average Bonchev–Trinajstić information content (AvgIpc) is 3.34. The number of pyridine rings is 1. The number of hydrogen-bond acceptors (Lipinski definition) is 4. The van der Waals surface area contributed by atoms with Gasteiger partial charge in [-0.05, 0) is 38.7 Å². The number of nitrogens with zero attached hydrogens (tertiary/aromatic N) is 3. The number of carbonyl (C=O) groups is 1. The Balaban J connectivity index is 1.64. The van der Waals surface area contributed by atoms with E-state index in [0.29, 0.717) is 23.5 Å². The molecule has 2 N–H and O–H groups in total. The van der Waals surface area contributed by atoms with Crippen LogP contribution in [-0.2, 0) is 0 Å². The van der Waals surface area contributed by atoms with Gasteiger partial charge in [0.15, 0.2) is 0 Å². The highest BCUT2D eigenvalue weighted by atomic mass is 16.5. The third-order valence-electron chi connectivity index (χ3n) is 4.45. The largest absolute Gasteiger partial charge is 0.495 e. The van der Waals surface area contributed by atoms with E-state index in [4.69, 9.17) is 4.74 Å². The number of hydrogen-bond donors (Lipinski definition) is 2. The number of carbonyl (C=O) groups excluding carboxylic acids is 1. The van der Waals surface area contributed by atoms with Crippen molar-refractivity contribution in [2.45, 2.75) is 38.8 Å². The van der Waals surface area contributed by atoms with Crippen LogP contribution in [0.4, 0.5) is 10.6 Å². The Bertz CT molecular complexity index is 711. The average molecular weight is 329 g/mol. The summed E-state index contributed by atoms with van der Waals surface area (Å²) in [6, 6.07) is 3.47. The molecular weight excluding hydrogens is 306 g/mol. The van der Waals surface area contributed by atoms with Gasteiger partial charge in [-0.1, -0.05) is 0 Å². The first-order valence-electron chi connectivity index (χ1n) is 8.19. The van der Waals surface area contributed by atoms with Gasteiger partial charge in [0, 0.05) is 17.8 Å². The van der Waals surface area contributed by atoms with Gasteiger partial charge in [-0.25, -0.2) is 9.48 Å². The Morgan fingerprint density at radius 2 is 2.12 bits per heavy atom. The van der Waals surface area contributed by atoms with Gasteiger partial charge in [0.1, 0.15) is 11.6 Å². The molecule has 1 aliphatic carbocycles. The van der Waals surface area contributed by atoms with Crippen molar-refractivity contribution in [1.82, 2.24) is 20.1 Å². The molecule has 2 aromatic heterocycles. The highest BCUT2D eigenvalue weighted by molar-refractivity contribution is 5.88. The molecule has 0 aliphatic heterocycles. The zero-order valence-corrected chi connectivity index (χ0v) is 14.2. The first kappa shape index (κ1) is 16.3. The van der Waals surface area contributed by atoms with E-state index in [1.54, 1.807) is 25.7 Å². The third kappa shape index (κ3) is 3.50. The molecule has 1 fully saturated rings. The molecule has 7 heteroatoms. The predicted octanol–water partition coefficient (Wildman–Crippen LogP) is 3.14. The van der Waals surface area contributed by atoms with Crippen molar-refractivity contribution in [2.75, 3.05) is 12.4 Å². The zero-order valence-electron chi connectivity index (χ0n) is 14.2. The van der Waals surface area contributed by atoms with Crippen LogP contribution in [0.25, 0.3) is 0 Å². The summed E-state index contributed by atoms with van der Waals surface area (Å²) in [6.07, 6.45) is 7.49. The van der Waals surface area contributed by atoms with Crippen LogP contribution in [0.15, 0.2) is 30.7 Å². The number of nitrogens with one attached hydrogen (secondary N) is 2. The number of amides is 2. The monoisotopic (exact) mass is 329 g/mol. The fourth-order valence-electron chi connectivity index (χ4n) is 2.86. The van der Waals surface area contributed by atoms with Crippen molar-refractivity contribution in [3.05, 3.63) is 36.3 Å². The van der Waals surface area contributed by atoms with Crippen LogP contribution in [0.1, 0.15) is 44.3 Å². The summed E-state index contributed by atoms with van der Waals surface area (Å²) in [7, 11) is 1.59. The van der Waals surface area contributed by atoms with Crippen molar-refractivity contribution < 1.29 is 9.53 Å². The number of methoxy groups -OCH3 is 1. The Morgan fingerprint density at radius 3 is 2.83 bits per heavy atom. The molecule has 1 saturated carbocycles. The van der Waals surface area contributed by atoms with Crippen LogP contribution < -0.4 is 15.4 Å². The number of anilines is 1. The van der Waals surface area contributed by atoms with Crippen LogP contribution in [0.5, 0.6) is 5.75 Å². The Labute approximate surface area is 141 Å². The summed E-state index contributed by atoms with van der Waals surface area (Å²) >= 11 is 0. The van der Waals surface area contributed by atoms with Gasteiger partial charge < -0.3 is 10.1 Å². The first-order valence-corrected chi connectivity index (χ1v) is 8.19. The van der Waals surface area contributed by atoms with E-state index in [9.17, 15) is 4.79 Å². The molecule has 2 amide bonds. The van der Waals surface area contributed by atoms with Gasteiger partial charge in [-0.2, -0.15) is 5.10 Å². The number of aromatic nitrogens is 3. The summed E-state index contributed by atoms with van der Waals surface area (Å²) in [4.78, 5) is 16.4. The maximum absolute atomic E-state index is 12.3. The summed E-state index contributed by atoms with van der Waals surface area (Å²) in [5, 5.41) is 10.1. The molecule has 2 aromatic rings. The van der Waals surface area contributed by atoms with E-state index < -0.39 is 0 Å². The highest BCUT2D eigenvalue weighted by Crippen LogP contribution is 2.40. The minimum Gasteiger partial charge on any atom is -0.495 e. The lowest BCUT2D eigenvalue weighted by molar-refractivity contribution is 0.248. The van der Waals surface area contributed by atoms with Crippen LogP contribution in [-0.4, -0.2) is 27.9 Å². The lowest BCUT2D eigenvalue weighted by Gasteiger charge is -2.19. The second-order valence-electron chi connectivity index (χ2n) is 6.18. The van der Waals surface area contributed by atoms with Gasteiger partial charge in [0.05, 0.1) is 31.6 Å². The molecule has 3 rings (SSSR count). The van der Waals surface area contributed by atoms with Gasteiger partial charge in [0.25, 0.3) is 0 Å². The lowest BCUT2D eigenvalue weighted by atomic mass is 10.1. The van der Waals surface area contributed by atoms with E-state index in [2.05, 4.69) is 27.6 Å². The molecule has 0 saturated heterocycles. The molecule has 0 radical (unpaired) electrons. The first-order chi connectivity index (χ1) is 11.6. The highest BCUT2D eigenvalue weighted by Gasteiger charge is 2.30. The summed E-state index contributed by atoms with van der Waals surface area (Å²) < 4.78 is 7.17. The lowest BCUT2D eigenvalue weighted by Crippen LogP contribution is -2.32. The molecule has 0 spiro atoms. The SMILES string of the molecule is COc1cnccc1C(C)NC(=O)Nc1ccnn1C(C)C1CC1. The number of urea groups is 1. The quantitative estimate of drug-likeness (QED) is 0.853. The van der Waals surface area contributed by atoms with Crippen molar-refractivity contribution in [3.8, 4) is 5.75 Å². The maximum atomic E-state index is 12.3. The molecule has 2 heterocycles. The molecule has 2 unspecified atom stereocenters. The second-order valence-corrected chi connectivity index (χ2v) is 6.18. The van der Waals surface area contributed by atoms with Crippen molar-refractivity contribution in [1.29, 1.82) is 0 Å². The second kappa shape index (κ2) is 6.90. The van der Waals surface area contributed by atoms with Crippen LogP contribution in [0, 0.1) is 5.92 Å². The molecule has 0 bridgehead atoms. The number of rotatable bonds is 6. The molecule has 0 aromatic carbocycles. The number of ether oxygens (including phenoxy) is 1. The standard InChI is InChI=1S/C17H23N5O2/c1-11(14-6-8-18-10-15(14)24-3)20-17(23)21-16-7-9-19-22(16)12(2)13-4-5-13/h6-13H,4-5H2,1-3H3,(H2,20,21,23). The summed E-state index contributed by atoms with van der Waals surface area (Å²) in [5.41, 5.74) is 0.877. The minimum atomic E-state index is -0.272. The van der Waals surface area contributed by atoms with Crippen LogP contribution >= 0.6 is 0 Å². The smallest absolute Gasteiger partial charge is 0.320 e. The maximum Gasteiger partial charge on any atom is 0.320 e.